The summed E-state index contributed by atoms with van der Waals surface area (Å²) < 4.78 is 15.2. The van der Waals surface area contributed by atoms with E-state index in [1.54, 1.807) is 6.07 Å². The van der Waals surface area contributed by atoms with Crippen molar-refractivity contribution in [1.29, 1.82) is 0 Å². The summed E-state index contributed by atoms with van der Waals surface area (Å²) in [5.74, 6) is 1.44. The Morgan fingerprint density at radius 2 is 1.16 bits per heavy atom. The van der Waals surface area contributed by atoms with Crippen LogP contribution < -0.4 is 0 Å². The van der Waals surface area contributed by atoms with Gasteiger partial charge in [0, 0.05) is 5.56 Å². The number of hydrogen-bond acceptors (Lipinski definition) is 0. The highest BCUT2D eigenvalue weighted by Gasteiger charge is 2.22. The van der Waals surface area contributed by atoms with Crippen LogP contribution in [0.1, 0.15) is 82.3 Å². The van der Waals surface area contributed by atoms with Crippen LogP contribution >= 0.6 is 0 Å². The van der Waals surface area contributed by atoms with Crippen LogP contribution in [0.2, 0.25) is 0 Å². The van der Waals surface area contributed by atoms with Crippen molar-refractivity contribution in [1.82, 2.24) is 0 Å². The van der Waals surface area contributed by atoms with Gasteiger partial charge in [0.05, 0.1) is 0 Å². The molecule has 1 heteroatoms. The van der Waals surface area contributed by atoms with Gasteiger partial charge in [-0.25, -0.2) is 4.39 Å². The molecule has 0 atom stereocenters. The fourth-order valence-corrected chi connectivity index (χ4v) is 6.12. The van der Waals surface area contributed by atoms with Gasteiger partial charge in [0.2, 0.25) is 0 Å². The van der Waals surface area contributed by atoms with Gasteiger partial charge in [-0.15, -0.1) is 0 Å². The molecule has 0 nitrogen and oxygen atoms in total. The highest BCUT2D eigenvalue weighted by atomic mass is 19.1. The van der Waals surface area contributed by atoms with Crippen LogP contribution in [0.25, 0.3) is 33.4 Å². The smallest absolute Gasteiger partial charge is 0.131 e. The Bertz CT molecular complexity index is 1290. The third kappa shape index (κ3) is 6.26. The van der Waals surface area contributed by atoms with Gasteiger partial charge in [-0.05, 0) is 89.0 Å². The molecule has 5 rings (SSSR count). The number of rotatable bonds is 9. The number of benzene rings is 4. The van der Waals surface area contributed by atoms with Crippen LogP contribution in [0.15, 0.2) is 91.0 Å². The van der Waals surface area contributed by atoms with Crippen LogP contribution in [0, 0.1) is 11.7 Å². The third-order valence-corrected chi connectivity index (χ3v) is 8.64. The Morgan fingerprint density at radius 3 is 1.76 bits per heavy atom. The quantitative estimate of drug-likeness (QED) is 0.199. The molecule has 0 saturated heterocycles. The third-order valence-electron chi connectivity index (χ3n) is 8.64. The zero-order valence-corrected chi connectivity index (χ0v) is 23.1. The van der Waals surface area contributed by atoms with Gasteiger partial charge in [0.25, 0.3) is 0 Å². The van der Waals surface area contributed by atoms with E-state index in [2.05, 4.69) is 74.5 Å². The highest BCUT2D eigenvalue weighted by molar-refractivity contribution is 5.74. The summed E-state index contributed by atoms with van der Waals surface area (Å²) in [6.07, 6.45) is 11.9. The van der Waals surface area contributed by atoms with E-state index in [4.69, 9.17) is 0 Å². The second-order valence-electron chi connectivity index (χ2n) is 11.2. The molecule has 0 spiro atoms. The molecule has 0 heterocycles. The van der Waals surface area contributed by atoms with Gasteiger partial charge in [-0.3, -0.25) is 0 Å². The summed E-state index contributed by atoms with van der Waals surface area (Å²) in [7, 11) is 0. The normalized spacial score (nSPS) is 17.4. The fraction of sp³-hybridized carbons (Fsp3) is 0.351. The zero-order chi connectivity index (χ0) is 26.3. The number of hydrogen-bond donors (Lipinski definition) is 0. The number of aryl methyl sites for hydroxylation is 1. The van der Waals surface area contributed by atoms with Crippen LogP contribution in [0.3, 0.4) is 0 Å². The van der Waals surface area contributed by atoms with E-state index in [0.717, 1.165) is 34.6 Å². The zero-order valence-electron chi connectivity index (χ0n) is 23.1. The first-order valence-electron chi connectivity index (χ1n) is 14.7. The molecule has 0 bridgehead atoms. The van der Waals surface area contributed by atoms with Crippen molar-refractivity contribution in [3.8, 4) is 33.4 Å². The van der Waals surface area contributed by atoms with E-state index in [-0.39, 0.29) is 5.82 Å². The van der Waals surface area contributed by atoms with Crippen molar-refractivity contribution in [3.63, 3.8) is 0 Å². The minimum atomic E-state index is -0.173. The Hall–Kier alpha value is -3.19. The molecule has 4 aromatic rings. The molecule has 0 aromatic heterocycles. The first-order valence-corrected chi connectivity index (χ1v) is 14.7. The summed E-state index contributed by atoms with van der Waals surface area (Å²) in [5, 5.41) is 0. The minimum absolute atomic E-state index is 0.173. The molecule has 0 aliphatic heterocycles. The van der Waals surface area contributed by atoms with Crippen molar-refractivity contribution in [2.45, 2.75) is 77.6 Å². The van der Waals surface area contributed by atoms with Gasteiger partial charge >= 0.3 is 0 Å². The molecule has 0 N–H and O–H groups in total. The lowest BCUT2D eigenvalue weighted by molar-refractivity contribution is 0.303. The monoisotopic (exact) mass is 504 g/mol. The lowest BCUT2D eigenvalue weighted by Gasteiger charge is -2.29. The average Bonchev–Trinajstić information content (AvgIpc) is 2.98. The SMILES string of the molecule is CCCCCC1CCC(c2ccc(-c3ccc(-c4ccc(-c5ccc(CC)cc5)cc4)c(F)c3)cc2)CC1. The van der Waals surface area contributed by atoms with Crippen molar-refractivity contribution in [2.75, 3.05) is 0 Å². The van der Waals surface area contributed by atoms with E-state index in [0.29, 0.717) is 11.5 Å². The fourth-order valence-electron chi connectivity index (χ4n) is 6.12. The van der Waals surface area contributed by atoms with Crippen LogP contribution in [-0.4, -0.2) is 0 Å². The van der Waals surface area contributed by atoms with E-state index >= 15 is 4.39 Å². The molecule has 1 aliphatic carbocycles. The first kappa shape index (κ1) is 26.4. The van der Waals surface area contributed by atoms with Gasteiger partial charge < -0.3 is 0 Å². The minimum Gasteiger partial charge on any atom is -0.206 e. The maximum absolute atomic E-state index is 15.2. The molecule has 0 unspecified atom stereocenters. The van der Waals surface area contributed by atoms with E-state index in [9.17, 15) is 0 Å². The summed E-state index contributed by atoms with van der Waals surface area (Å²) in [6.45, 7) is 4.45. The molecular weight excluding hydrogens is 463 g/mol. The van der Waals surface area contributed by atoms with E-state index in [1.807, 2.05) is 24.3 Å². The van der Waals surface area contributed by atoms with Crippen LogP contribution in [0.5, 0.6) is 0 Å². The van der Waals surface area contributed by atoms with Crippen molar-refractivity contribution in [2.24, 2.45) is 5.92 Å². The average molecular weight is 505 g/mol. The molecule has 4 aromatic carbocycles. The van der Waals surface area contributed by atoms with Crippen molar-refractivity contribution in [3.05, 3.63) is 108 Å². The predicted molar refractivity (Wildman–Crippen MR) is 161 cm³/mol. The predicted octanol–water partition coefficient (Wildman–Crippen LogP) is 11.2. The summed E-state index contributed by atoms with van der Waals surface area (Å²) in [5.41, 5.74) is 8.69. The summed E-state index contributed by atoms with van der Waals surface area (Å²) in [6, 6.07) is 31.4. The van der Waals surface area contributed by atoms with Gasteiger partial charge in [-0.1, -0.05) is 124 Å². The van der Waals surface area contributed by atoms with Crippen LogP contribution in [-0.2, 0) is 6.42 Å². The second kappa shape index (κ2) is 12.6. The lowest BCUT2D eigenvalue weighted by Crippen LogP contribution is -2.13. The first-order chi connectivity index (χ1) is 18.6. The van der Waals surface area contributed by atoms with Gasteiger partial charge in [-0.2, -0.15) is 0 Å². The Morgan fingerprint density at radius 1 is 0.605 bits per heavy atom. The molecule has 1 saturated carbocycles. The highest BCUT2D eigenvalue weighted by Crippen LogP contribution is 2.38. The van der Waals surface area contributed by atoms with E-state index in [1.165, 1.54) is 68.1 Å². The maximum atomic E-state index is 15.2. The van der Waals surface area contributed by atoms with Crippen LogP contribution in [0.4, 0.5) is 4.39 Å². The summed E-state index contributed by atoms with van der Waals surface area (Å²) >= 11 is 0. The molecule has 0 amide bonds. The second-order valence-corrected chi connectivity index (χ2v) is 11.2. The molecular formula is C37H41F. The standard InChI is InChI=1S/C37H41F/c1-3-5-6-7-28-10-14-30(15-11-28)31-16-18-33(19-17-31)35-24-25-36(37(38)26-35)34-22-20-32(21-23-34)29-12-8-27(4-2)9-13-29/h8-9,12-13,16-26,28,30H,3-7,10-11,14-15H2,1-2H3. The number of halogens is 1. The molecule has 1 fully saturated rings. The summed E-state index contributed by atoms with van der Waals surface area (Å²) in [4.78, 5) is 0. The number of unbranched alkanes of at least 4 members (excludes halogenated alkanes) is 2. The lowest BCUT2D eigenvalue weighted by atomic mass is 9.77. The Balaban J connectivity index is 1.23. The molecule has 38 heavy (non-hydrogen) atoms. The maximum Gasteiger partial charge on any atom is 0.131 e. The topological polar surface area (TPSA) is 0 Å². The molecule has 0 radical (unpaired) electrons. The van der Waals surface area contributed by atoms with E-state index < -0.39 is 0 Å². The Kier molecular flexibility index (Phi) is 8.74. The molecule has 1 aliphatic rings. The Labute approximate surface area is 229 Å². The van der Waals surface area contributed by atoms with Crippen molar-refractivity contribution >= 4 is 0 Å². The molecule has 196 valence electrons. The van der Waals surface area contributed by atoms with Gasteiger partial charge in [0.1, 0.15) is 5.82 Å². The largest absolute Gasteiger partial charge is 0.206 e. The van der Waals surface area contributed by atoms with Crippen molar-refractivity contribution < 1.29 is 4.39 Å². The van der Waals surface area contributed by atoms with Gasteiger partial charge in [0.15, 0.2) is 0 Å².